The Morgan fingerprint density at radius 1 is 1.07 bits per heavy atom. The number of fused-ring (bicyclic) bond motifs is 1. The summed E-state index contributed by atoms with van der Waals surface area (Å²) in [6, 6.07) is 12.5. The Morgan fingerprint density at radius 3 is 2.61 bits per heavy atom. The van der Waals surface area contributed by atoms with E-state index in [2.05, 4.69) is 22.3 Å². The van der Waals surface area contributed by atoms with Crippen LogP contribution in [0.1, 0.15) is 42.0 Å². The minimum Gasteiger partial charge on any atom is -0.490 e. The van der Waals surface area contributed by atoms with Gasteiger partial charge in [-0.3, -0.25) is 9.69 Å². The number of para-hydroxylation sites is 1. The molecule has 0 unspecified atom stereocenters. The summed E-state index contributed by atoms with van der Waals surface area (Å²) in [5.41, 5.74) is 4.31. The fraction of sp³-hybridized carbons (Fsp3) is 0.435. The Labute approximate surface area is 166 Å². The van der Waals surface area contributed by atoms with E-state index in [4.69, 9.17) is 9.47 Å². The molecular weight excluding hydrogens is 352 g/mol. The lowest BCUT2D eigenvalue weighted by molar-refractivity contribution is -0.117. The summed E-state index contributed by atoms with van der Waals surface area (Å²) >= 11 is 0. The van der Waals surface area contributed by atoms with Crippen LogP contribution in [0.2, 0.25) is 0 Å². The van der Waals surface area contributed by atoms with Crippen molar-refractivity contribution in [2.45, 2.75) is 39.2 Å². The predicted octanol–water partition coefficient (Wildman–Crippen LogP) is 4.24. The first-order valence-electron chi connectivity index (χ1n) is 10.1. The van der Waals surface area contributed by atoms with Gasteiger partial charge in [0, 0.05) is 18.2 Å². The van der Waals surface area contributed by atoms with Crippen molar-refractivity contribution in [1.29, 1.82) is 0 Å². The molecule has 4 rings (SSSR count). The van der Waals surface area contributed by atoms with Gasteiger partial charge in [-0.05, 0) is 62.1 Å². The molecule has 1 saturated heterocycles. The van der Waals surface area contributed by atoms with E-state index in [9.17, 15) is 4.79 Å². The molecule has 1 amide bonds. The summed E-state index contributed by atoms with van der Waals surface area (Å²) in [5, 5.41) is 3.11. The Hall–Kier alpha value is -2.53. The average molecular weight is 380 g/mol. The number of rotatable bonds is 4. The van der Waals surface area contributed by atoms with Crippen molar-refractivity contribution < 1.29 is 14.3 Å². The van der Waals surface area contributed by atoms with Crippen molar-refractivity contribution in [2.24, 2.45) is 0 Å². The highest BCUT2D eigenvalue weighted by atomic mass is 16.5. The van der Waals surface area contributed by atoms with Gasteiger partial charge >= 0.3 is 0 Å². The van der Waals surface area contributed by atoms with Gasteiger partial charge in [0.2, 0.25) is 5.91 Å². The average Bonchev–Trinajstić information content (AvgIpc) is 3.00. The van der Waals surface area contributed by atoms with Gasteiger partial charge in [-0.15, -0.1) is 0 Å². The number of benzene rings is 2. The van der Waals surface area contributed by atoms with Crippen LogP contribution in [0.15, 0.2) is 36.4 Å². The summed E-state index contributed by atoms with van der Waals surface area (Å²) in [4.78, 5) is 15.0. The molecule has 1 fully saturated rings. The van der Waals surface area contributed by atoms with Crippen LogP contribution in [0, 0.1) is 13.8 Å². The van der Waals surface area contributed by atoms with E-state index >= 15 is 0 Å². The molecule has 5 heteroatoms. The molecule has 0 aliphatic carbocycles. The van der Waals surface area contributed by atoms with E-state index in [1.807, 2.05) is 38.1 Å². The molecule has 28 heavy (non-hydrogen) atoms. The molecule has 1 atom stereocenters. The smallest absolute Gasteiger partial charge is 0.238 e. The number of carbonyl (C=O) groups excluding carboxylic acids is 1. The molecule has 0 radical (unpaired) electrons. The molecule has 0 aromatic heterocycles. The maximum atomic E-state index is 12.7. The fourth-order valence-corrected chi connectivity index (χ4v) is 4.16. The zero-order valence-corrected chi connectivity index (χ0v) is 16.7. The molecule has 2 aliphatic rings. The Balaban J connectivity index is 1.46. The topological polar surface area (TPSA) is 50.8 Å². The number of nitrogens with zero attached hydrogens (tertiary/aromatic N) is 1. The van der Waals surface area contributed by atoms with E-state index < -0.39 is 0 Å². The van der Waals surface area contributed by atoms with Crippen LogP contribution in [-0.4, -0.2) is 37.1 Å². The largest absolute Gasteiger partial charge is 0.490 e. The summed E-state index contributed by atoms with van der Waals surface area (Å²) < 4.78 is 11.6. The third-order valence-electron chi connectivity index (χ3n) is 5.61. The van der Waals surface area contributed by atoms with E-state index in [0.29, 0.717) is 19.8 Å². The van der Waals surface area contributed by atoms with Gasteiger partial charge < -0.3 is 14.8 Å². The fourth-order valence-electron chi connectivity index (χ4n) is 4.16. The molecule has 148 valence electrons. The lowest BCUT2D eigenvalue weighted by Crippen LogP contribution is -2.33. The highest BCUT2D eigenvalue weighted by Gasteiger charge is 2.28. The van der Waals surface area contributed by atoms with Crippen molar-refractivity contribution in [3.63, 3.8) is 0 Å². The van der Waals surface area contributed by atoms with Gasteiger partial charge in [-0.1, -0.05) is 24.3 Å². The van der Waals surface area contributed by atoms with Crippen LogP contribution in [-0.2, 0) is 4.79 Å². The number of amides is 1. The number of nitrogens with one attached hydrogen (secondary N) is 1. The molecule has 5 nitrogen and oxygen atoms in total. The second-order valence-electron chi connectivity index (χ2n) is 7.70. The first kappa shape index (κ1) is 18.8. The van der Waals surface area contributed by atoms with E-state index in [1.54, 1.807) is 0 Å². The Morgan fingerprint density at radius 2 is 1.82 bits per heavy atom. The molecule has 0 bridgehead atoms. The van der Waals surface area contributed by atoms with Crippen molar-refractivity contribution in [3.05, 3.63) is 53.1 Å². The number of likely N-dealkylation sites (tertiary alicyclic amines) is 1. The van der Waals surface area contributed by atoms with Gasteiger partial charge in [0.25, 0.3) is 0 Å². The molecule has 2 aliphatic heterocycles. The van der Waals surface area contributed by atoms with Gasteiger partial charge in [-0.25, -0.2) is 0 Å². The normalized spacial score (nSPS) is 19.3. The summed E-state index contributed by atoms with van der Waals surface area (Å²) in [7, 11) is 0. The van der Waals surface area contributed by atoms with Crippen molar-refractivity contribution in [2.75, 3.05) is 31.6 Å². The van der Waals surface area contributed by atoms with Crippen LogP contribution < -0.4 is 14.8 Å². The van der Waals surface area contributed by atoms with E-state index in [1.165, 1.54) is 5.56 Å². The summed E-state index contributed by atoms with van der Waals surface area (Å²) in [5.74, 6) is 1.68. The van der Waals surface area contributed by atoms with E-state index in [0.717, 1.165) is 54.1 Å². The SMILES string of the molecule is Cc1cccc(C)c1NC(=O)CN1CCC[C@@H]1c1ccc2c(c1)OCCCO2. The third-order valence-corrected chi connectivity index (χ3v) is 5.61. The lowest BCUT2D eigenvalue weighted by Gasteiger charge is -2.25. The zero-order valence-electron chi connectivity index (χ0n) is 16.7. The number of ether oxygens (including phenoxy) is 2. The molecular formula is C23H28N2O3. The molecule has 0 saturated carbocycles. The van der Waals surface area contributed by atoms with Gasteiger partial charge in [0.05, 0.1) is 19.8 Å². The second kappa shape index (κ2) is 8.23. The van der Waals surface area contributed by atoms with Crippen LogP contribution in [0.25, 0.3) is 0 Å². The van der Waals surface area contributed by atoms with Crippen molar-refractivity contribution in [1.82, 2.24) is 4.90 Å². The van der Waals surface area contributed by atoms with Gasteiger partial charge in [0.1, 0.15) is 0 Å². The Bertz CT molecular complexity index is 845. The molecule has 0 spiro atoms. The predicted molar refractivity (Wildman–Crippen MR) is 110 cm³/mol. The first-order valence-corrected chi connectivity index (χ1v) is 10.1. The minimum atomic E-state index is 0.0404. The lowest BCUT2D eigenvalue weighted by atomic mass is 10.0. The van der Waals surface area contributed by atoms with Gasteiger partial charge in [-0.2, -0.15) is 0 Å². The molecule has 2 heterocycles. The highest BCUT2D eigenvalue weighted by molar-refractivity contribution is 5.93. The van der Waals surface area contributed by atoms with Crippen LogP contribution in [0.3, 0.4) is 0 Å². The second-order valence-corrected chi connectivity index (χ2v) is 7.70. The van der Waals surface area contributed by atoms with E-state index in [-0.39, 0.29) is 11.9 Å². The summed E-state index contributed by atoms with van der Waals surface area (Å²) in [6.45, 7) is 6.76. The van der Waals surface area contributed by atoms with Crippen LogP contribution in [0.5, 0.6) is 11.5 Å². The number of aryl methyl sites for hydroxylation is 2. The van der Waals surface area contributed by atoms with Crippen molar-refractivity contribution >= 4 is 11.6 Å². The quantitative estimate of drug-likeness (QED) is 0.862. The molecule has 2 aromatic rings. The molecule has 2 aromatic carbocycles. The third kappa shape index (κ3) is 3.99. The summed E-state index contributed by atoms with van der Waals surface area (Å²) in [6.07, 6.45) is 3.05. The number of anilines is 1. The number of carbonyl (C=O) groups is 1. The number of hydrogen-bond acceptors (Lipinski definition) is 4. The maximum Gasteiger partial charge on any atom is 0.238 e. The Kier molecular flexibility index (Phi) is 5.53. The highest BCUT2D eigenvalue weighted by Crippen LogP contribution is 2.37. The van der Waals surface area contributed by atoms with Gasteiger partial charge in [0.15, 0.2) is 11.5 Å². The monoisotopic (exact) mass is 380 g/mol. The standard InChI is InChI=1S/C23H28N2O3/c1-16-6-3-7-17(2)23(16)24-22(26)15-25-11-4-8-19(25)18-9-10-20-21(14-18)28-13-5-12-27-20/h3,6-7,9-10,14,19H,4-5,8,11-13,15H2,1-2H3,(H,24,26)/t19-/m1/s1. The molecule has 1 N–H and O–H groups in total. The van der Waals surface area contributed by atoms with Crippen LogP contribution >= 0.6 is 0 Å². The zero-order chi connectivity index (χ0) is 19.5. The van der Waals surface area contributed by atoms with Crippen LogP contribution in [0.4, 0.5) is 5.69 Å². The first-order chi connectivity index (χ1) is 13.6. The minimum absolute atomic E-state index is 0.0404. The van der Waals surface area contributed by atoms with Crippen molar-refractivity contribution in [3.8, 4) is 11.5 Å². The maximum absolute atomic E-state index is 12.7. The number of hydrogen-bond donors (Lipinski definition) is 1.